The van der Waals surface area contributed by atoms with Gasteiger partial charge in [-0.1, -0.05) is 43.7 Å². The number of carbonyl (C=O) groups excluding carboxylic acids is 2. The highest BCUT2D eigenvalue weighted by Gasteiger charge is 2.23. The number of likely N-dealkylation sites (tertiary alicyclic amines) is 1. The van der Waals surface area contributed by atoms with Crippen molar-refractivity contribution < 1.29 is 9.59 Å². The first-order valence-electron chi connectivity index (χ1n) is 9.06. The fourth-order valence-corrected chi connectivity index (χ4v) is 3.21. The highest BCUT2D eigenvalue weighted by atomic mass is 16.2. The highest BCUT2D eigenvalue weighted by Crippen LogP contribution is 2.14. The zero-order valence-electron chi connectivity index (χ0n) is 15.2. The zero-order chi connectivity index (χ0) is 17.5. The Morgan fingerprint density at radius 3 is 2.58 bits per heavy atom. The molecule has 4 heteroatoms. The van der Waals surface area contributed by atoms with E-state index in [1.807, 2.05) is 11.0 Å². The summed E-state index contributed by atoms with van der Waals surface area (Å²) >= 11 is 0. The Morgan fingerprint density at radius 1 is 1.25 bits per heavy atom. The summed E-state index contributed by atoms with van der Waals surface area (Å²) in [7, 11) is 0. The largest absolute Gasteiger partial charge is 0.353 e. The average molecular weight is 330 g/mol. The highest BCUT2D eigenvalue weighted by molar-refractivity contribution is 5.77. The molecule has 1 aliphatic rings. The third-order valence-electron chi connectivity index (χ3n) is 4.52. The van der Waals surface area contributed by atoms with Gasteiger partial charge in [-0.2, -0.15) is 0 Å². The number of amides is 2. The van der Waals surface area contributed by atoms with Crippen molar-refractivity contribution in [1.82, 2.24) is 10.2 Å². The number of hydrogen-bond acceptors (Lipinski definition) is 2. The Kier molecular flexibility index (Phi) is 6.83. The van der Waals surface area contributed by atoms with Crippen molar-refractivity contribution in [3.05, 3.63) is 35.4 Å². The van der Waals surface area contributed by atoms with E-state index in [-0.39, 0.29) is 17.9 Å². The van der Waals surface area contributed by atoms with Crippen LogP contribution < -0.4 is 5.32 Å². The quantitative estimate of drug-likeness (QED) is 0.871. The van der Waals surface area contributed by atoms with Crippen LogP contribution in [0.25, 0.3) is 0 Å². The molecule has 0 saturated carbocycles. The minimum Gasteiger partial charge on any atom is -0.353 e. The van der Waals surface area contributed by atoms with Gasteiger partial charge in [-0.3, -0.25) is 9.59 Å². The van der Waals surface area contributed by atoms with Crippen molar-refractivity contribution in [2.24, 2.45) is 5.92 Å². The number of carbonyl (C=O) groups is 2. The van der Waals surface area contributed by atoms with Gasteiger partial charge in [0, 0.05) is 32.0 Å². The SMILES string of the molecule is Cc1cccc(CCC(=O)N2CCC(NC(=O)CC(C)C)CC2)c1. The molecule has 1 heterocycles. The number of benzene rings is 1. The average Bonchev–Trinajstić information content (AvgIpc) is 2.52. The number of hydrogen-bond donors (Lipinski definition) is 1. The smallest absolute Gasteiger partial charge is 0.222 e. The third kappa shape index (κ3) is 5.99. The molecule has 0 atom stereocenters. The van der Waals surface area contributed by atoms with Crippen molar-refractivity contribution in [2.45, 2.75) is 58.9 Å². The summed E-state index contributed by atoms with van der Waals surface area (Å²) in [5, 5.41) is 3.10. The first-order valence-corrected chi connectivity index (χ1v) is 9.06. The fourth-order valence-electron chi connectivity index (χ4n) is 3.21. The van der Waals surface area contributed by atoms with Crippen LogP contribution in [-0.2, 0) is 16.0 Å². The molecule has 0 radical (unpaired) electrons. The summed E-state index contributed by atoms with van der Waals surface area (Å²) in [6.45, 7) is 7.67. The fraction of sp³-hybridized carbons (Fsp3) is 0.600. The second-order valence-corrected chi connectivity index (χ2v) is 7.31. The first-order chi connectivity index (χ1) is 11.4. The van der Waals surface area contributed by atoms with Gasteiger partial charge >= 0.3 is 0 Å². The second-order valence-electron chi connectivity index (χ2n) is 7.31. The third-order valence-corrected chi connectivity index (χ3v) is 4.52. The molecule has 2 amide bonds. The topological polar surface area (TPSA) is 49.4 Å². The normalized spacial score (nSPS) is 15.6. The van der Waals surface area contributed by atoms with Crippen LogP contribution in [0.15, 0.2) is 24.3 Å². The lowest BCUT2D eigenvalue weighted by Gasteiger charge is -2.32. The van der Waals surface area contributed by atoms with Gasteiger partial charge in [0.25, 0.3) is 0 Å². The summed E-state index contributed by atoms with van der Waals surface area (Å²) in [6.07, 6.45) is 3.66. The van der Waals surface area contributed by atoms with Crippen LogP contribution in [0.1, 0.15) is 50.7 Å². The van der Waals surface area contributed by atoms with Crippen LogP contribution in [0.3, 0.4) is 0 Å². The minimum absolute atomic E-state index is 0.134. The van der Waals surface area contributed by atoms with E-state index in [0.29, 0.717) is 18.8 Å². The predicted molar refractivity (Wildman–Crippen MR) is 96.7 cm³/mol. The molecular formula is C20H30N2O2. The Morgan fingerprint density at radius 2 is 1.96 bits per heavy atom. The maximum Gasteiger partial charge on any atom is 0.222 e. The molecule has 1 aromatic carbocycles. The number of nitrogens with zero attached hydrogens (tertiary/aromatic N) is 1. The summed E-state index contributed by atoms with van der Waals surface area (Å²) in [5.74, 6) is 0.742. The van der Waals surface area contributed by atoms with Crippen molar-refractivity contribution in [3.8, 4) is 0 Å². The van der Waals surface area contributed by atoms with E-state index in [1.54, 1.807) is 0 Å². The molecule has 1 aromatic rings. The van der Waals surface area contributed by atoms with Crippen molar-refractivity contribution in [2.75, 3.05) is 13.1 Å². The molecule has 132 valence electrons. The van der Waals surface area contributed by atoms with Gasteiger partial charge in [0.15, 0.2) is 0 Å². The number of piperidine rings is 1. The first kappa shape index (κ1) is 18.5. The molecule has 4 nitrogen and oxygen atoms in total. The molecule has 24 heavy (non-hydrogen) atoms. The van der Waals surface area contributed by atoms with Gasteiger partial charge in [0.1, 0.15) is 0 Å². The van der Waals surface area contributed by atoms with Gasteiger partial charge in [-0.25, -0.2) is 0 Å². The molecule has 2 rings (SSSR count). The lowest BCUT2D eigenvalue weighted by atomic mass is 10.0. The van der Waals surface area contributed by atoms with Gasteiger partial charge in [-0.05, 0) is 37.7 Å². The molecule has 0 bridgehead atoms. The van der Waals surface area contributed by atoms with E-state index in [0.717, 1.165) is 32.4 Å². The van der Waals surface area contributed by atoms with E-state index < -0.39 is 0 Å². The van der Waals surface area contributed by atoms with E-state index in [4.69, 9.17) is 0 Å². The van der Waals surface area contributed by atoms with Crippen molar-refractivity contribution in [3.63, 3.8) is 0 Å². The number of aryl methyl sites for hydroxylation is 2. The van der Waals surface area contributed by atoms with Crippen molar-refractivity contribution in [1.29, 1.82) is 0 Å². The van der Waals surface area contributed by atoms with Gasteiger partial charge in [0.05, 0.1) is 0 Å². The van der Waals surface area contributed by atoms with E-state index >= 15 is 0 Å². The Hall–Kier alpha value is -1.84. The summed E-state index contributed by atoms with van der Waals surface area (Å²) in [5.41, 5.74) is 2.46. The molecule has 1 aliphatic heterocycles. The Bertz CT molecular complexity index is 561. The molecule has 0 spiro atoms. The monoisotopic (exact) mass is 330 g/mol. The van der Waals surface area contributed by atoms with Crippen LogP contribution in [0.2, 0.25) is 0 Å². The maximum atomic E-state index is 12.4. The van der Waals surface area contributed by atoms with E-state index in [2.05, 4.69) is 44.3 Å². The van der Waals surface area contributed by atoms with Crippen LogP contribution in [0.4, 0.5) is 0 Å². The predicted octanol–water partition coefficient (Wildman–Crippen LogP) is 3.08. The molecule has 0 aliphatic carbocycles. The lowest BCUT2D eigenvalue weighted by Crippen LogP contribution is -2.46. The molecular weight excluding hydrogens is 300 g/mol. The van der Waals surface area contributed by atoms with Crippen molar-refractivity contribution >= 4 is 11.8 Å². The Labute approximate surface area is 145 Å². The van der Waals surface area contributed by atoms with E-state index in [1.165, 1.54) is 11.1 Å². The summed E-state index contributed by atoms with van der Waals surface area (Å²) in [6, 6.07) is 8.56. The molecule has 0 unspecified atom stereocenters. The van der Waals surface area contributed by atoms with Crippen LogP contribution in [0.5, 0.6) is 0 Å². The zero-order valence-corrected chi connectivity index (χ0v) is 15.2. The lowest BCUT2D eigenvalue weighted by molar-refractivity contribution is -0.132. The van der Waals surface area contributed by atoms with Crippen LogP contribution >= 0.6 is 0 Å². The standard InChI is InChI=1S/C20H30N2O2/c1-15(2)13-19(23)21-18-9-11-22(12-10-18)20(24)8-7-17-6-4-5-16(3)14-17/h4-6,14-15,18H,7-13H2,1-3H3,(H,21,23). The maximum absolute atomic E-state index is 12.4. The van der Waals surface area contributed by atoms with Gasteiger partial charge in [0.2, 0.25) is 11.8 Å². The minimum atomic E-state index is 0.134. The molecule has 1 saturated heterocycles. The van der Waals surface area contributed by atoms with Crippen LogP contribution in [-0.4, -0.2) is 35.8 Å². The van der Waals surface area contributed by atoms with Gasteiger partial charge < -0.3 is 10.2 Å². The summed E-state index contributed by atoms with van der Waals surface area (Å²) in [4.78, 5) is 26.1. The van der Waals surface area contributed by atoms with Crippen LogP contribution in [0, 0.1) is 12.8 Å². The summed E-state index contributed by atoms with van der Waals surface area (Å²) < 4.78 is 0. The number of nitrogens with one attached hydrogen (secondary N) is 1. The second kappa shape index (κ2) is 8.86. The van der Waals surface area contributed by atoms with E-state index in [9.17, 15) is 9.59 Å². The molecule has 0 aromatic heterocycles. The van der Waals surface area contributed by atoms with Gasteiger partial charge in [-0.15, -0.1) is 0 Å². The molecule has 1 N–H and O–H groups in total. The number of rotatable bonds is 6. The molecule has 1 fully saturated rings. The Balaban J connectivity index is 1.71.